The summed E-state index contributed by atoms with van der Waals surface area (Å²) >= 11 is 0. The highest BCUT2D eigenvalue weighted by atomic mass is 127. The average Bonchev–Trinajstić information content (AvgIpc) is 2.97. The van der Waals surface area contributed by atoms with Gasteiger partial charge in [0.25, 0.3) is 0 Å². The maximum absolute atomic E-state index is 12.7. The molecule has 1 aliphatic rings. The third-order valence-electron chi connectivity index (χ3n) is 4.53. The molecule has 5 nitrogen and oxygen atoms in total. The van der Waals surface area contributed by atoms with Crippen molar-refractivity contribution in [1.82, 2.24) is 20.2 Å². The maximum Gasteiger partial charge on any atom is 0.391 e. The molecule has 150 valence electrons. The lowest BCUT2D eigenvalue weighted by atomic mass is 9.85. The monoisotopic (exact) mass is 487 g/mol. The normalized spacial score (nSPS) is 21.4. The number of hydrogen-bond acceptors (Lipinski definition) is 2. The van der Waals surface area contributed by atoms with E-state index in [1.165, 1.54) is 0 Å². The van der Waals surface area contributed by atoms with E-state index >= 15 is 0 Å². The lowest BCUT2D eigenvalue weighted by Crippen LogP contribution is -2.45. The summed E-state index contributed by atoms with van der Waals surface area (Å²) in [7, 11) is 1.66. The number of aromatic nitrogens is 2. The average molecular weight is 487 g/mol. The SMILES string of the molecule is CN=C(NCc1nccn1CC(C)C)NC1CCC(C(F)(F)F)CC1.I. The molecule has 0 atom stereocenters. The largest absolute Gasteiger partial charge is 0.391 e. The number of alkyl halides is 3. The first kappa shape index (κ1) is 23.0. The Morgan fingerprint density at radius 3 is 2.50 bits per heavy atom. The van der Waals surface area contributed by atoms with Crippen LogP contribution in [0.25, 0.3) is 0 Å². The van der Waals surface area contributed by atoms with Crippen LogP contribution in [-0.2, 0) is 13.1 Å². The van der Waals surface area contributed by atoms with Crippen LogP contribution in [0.3, 0.4) is 0 Å². The molecule has 2 rings (SSSR count). The van der Waals surface area contributed by atoms with Gasteiger partial charge in [-0.25, -0.2) is 4.98 Å². The van der Waals surface area contributed by atoms with E-state index in [0.29, 0.717) is 31.3 Å². The molecule has 1 saturated carbocycles. The van der Waals surface area contributed by atoms with Crippen molar-refractivity contribution < 1.29 is 13.2 Å². The Bertz CT molecular complexity index is 563. The van der Waals surface area contributed by atoms with Crippen molar-refractivity contribution >= 4 is 29.9 Å². The van der Waals surface area contributed by atoms with Gasteiger partial charge in [0.05, 0.1) is 12.5 Å². The molecule has 1 aromatic rings. The lowest BCUT2D eigenvalue weighted by molar-refractivity contribution is -0.182. The number of nitrogens with one attached hydrogen (secondary N) is 2. The number of hydrogen-bond donors (Lipinski definition) is 2. The van der Waals surface area contributed by atoms with Crippen LogP contribution in [0.5, 0.6) is 0 Å². The van der Waals surface area contributed by atoms with Crippen molar-refractivity contribution in [3.63, 3.8) is 0 Å². The Morgan fingerprint density at radius 2 is 1.96 bits per heavy atom. The van der Waals surface area contributed by atoms with Crippen LogP contribution in [0.15, 0.2) is 17.4 Å². The molecule has 0 unspecified atom stereocenters. The number of imidazole rings is 1. The highest BCUT2D eigenvalue weighted by molar-refractivity contribution is 14.0. The van der Waals surface area contributed by atoms with Crippen LogP contribution in [0, 0.1) is 11.8 Å². The van der Waals surface area contributed by atoms with E-state index in [-0.39, 0.29) is 42.9 Å². The molecule has 0 aromatic carbocycles. The van der Waals surface area contributed by atoms with Gasteiger partial charge in [-0.05, 0) is 31.6 Å². The van der Waals surface area contributed by atoms with Crippen molar-refractivity contribution in [1.29, 1.82) is 0 Å². The quantitative estimate of drug-likeness (QED) is 0.376. The molecule has 0 amide bonds. The summed E-state index contributed by atoms with van der Waals surface area (Å²) in [4.78, 5) is 8.53. The minimum absolute atomic E-state index is 0. The molecule has 0 radical (unpaired) electrons. The summed E-state index contributed by atoms with van der Waals surface area (Å²) in [5, 5.41) is 6.44. The van der Waals surface area contributed by atoms with Gasteiger partial charge in [-0.3, -0.25) is 4.99 Å². The highest BCUT2D eigenvalue weighted by Gasteiger charge is 2.41. The number of rotatable bonds is 5. The van der Waals surface area contributed by atoms with Gasteiger partial charge in [0.1, 0.15) is 5.82 Å². The molecule has 0 bridgehead atoms. The van der Waals surface area contributed by atoms with Crippen LogP contribution in [0.2, 0.25) is 0 Å². The van der Waals surface area contributed by atoms with E-state index in [9.17, 15) is 13.2 Å². The molecule has 0 spiro atoms. The van der Waals surface area contributed by atoms with Crippen LogP contribution >= 0.6 is 24.0 Å². The van der Waals surface area contributed by atoms with Gasteiger partial charge < -0.3 is 15.2 Å². The summed E-state index contributed by atoms with van der Waals surface area (Å²) in [5.41, 5.74) is 0. The second-order valence-electron chi connectivity index (χ2n) is 7.05. The predicted molar refractivity (Wildman–Crippen MR) is 108 cm³/mol. The number of guanidine groups is 1. The van der Waals surface area contributed by atoms with Gasteiger partial charge in [-0.2, -0.15) is 13.2 Å². The van der Waals surface area contributed by atoms with Crippen molar-refractivity contribution in [2.45, 2.75) is 64.8 Å². The minimum atomic E-state index is -4.07. The molecular weight excluding hydrogens is 458 g/mol. The van der Waals surface area contributed by atoms with E-state index in [1.807, 2.05) is 6.20 Å². The summed E-state index contributed by atoms with van der Waals surface area (Å²) < 4.78 is 40.3. The Kier molecular flexibility index (Phi) is 9.18. The Hall–Kier alpha value is -1.00. The molecule has 1 aliphatic carbocycles. The second kappa shape index (κ2) is 10.4. The molecule has 9 heteroatoms. The summed E-state index contributed by atoms with van der Waals surface area (Å²) in [5.74, 6) is 0.880. The van der Waals surface area contributed by atoms with Gasteiger partial charge in [-0.1, -0.05) is 13.8 Å². The van der Waals surface area contributed by atoms with Gasteiger partial charge in [0.2, 0.25) is 0 Å². The molecular formula is C17H29F3IN5. The van der Waals surface area contributed by atoms with Crippen molar-refractivity contribution in [3.8, 4) is 0 Å². The molecule has 26 heavy (non-hydrogen) atoms. The standard InChI is InChI=1S/C17H28F3N5.HI/c1-12(2)11-25-9-8-22-15(25)10-23-16(21-3)24-14-6-4-13(5-7-14)17(18,19)20;/h8-9,12-14H,4-7,10-11H2,1-3H3,(H2,21,23,24);1H. The number of halogens is 4. The Balaban J connectivity index is 0.00000338. The molecule has 0 saturated heterocycles. The first-order valence-electron chi connectivity index (χ1n) is 8.83. The zero-order valence-electron chi connectivity index (χ0n) is 15.5. The number of nitrogens with zero attached hydrogens (tertiary/aromatic N) is 3. The van der Waals surface area contributed by atoms with Crippen LogP contribution in [0.1, 0.15) is 45.4 Å². The van der Waals surface area contributed by atoms with Crippen LogP contribution < -0.4 is 10.6 Å². The van der Waals surface area contributed by atoms with Gasteiger partial charge in [-0.15, -0.1) is 24.0 Å². The lowest BCUT2D eigenvalue weighted by Gasteiger charge is -2.31. The van der Waals surface area contributed by atoms with Gasteiger partial charge in [0.15, 0.2) is 5.96 Å². The summed E-state index contributed by atoms with van der Waals surface area (Å²) in [6.45, 7) is 5.71. The van der Waals surface area contributed by atoms with Gasteiger partial charge in [0, 0.05) is 32.0 Å². The first-order chi connectivity index (χ1) is 11.8. The highest BCUT2D eigenvalue weighted by Crippen LogP contribution is 2.37. The van der Waals surface area contributed by atoms with E-state index < -0.39 is 12.1 Å². The van der Waals surface area contributed by atoms with Crippen molar-refractivity contribution in [2.24, 2.45) is 16.8 Å². The van der Waals surface area contributed by atoms with Crippen LogP contribution in [0.4, 0.5) is 13.2 Å². The zero-order valence-corrected chi connectivity index (χ0v) is 17.8. The Morgan fingerprint density at radius 1 is 1.31 bits per heavy atom. The zero-order chi connectivity index (χ0) is 18.4. The van der Waals surface area contributed by atoms with E-state index in [2.05, 4.69) is 39.0 Å². The van der Waals surface area contributed by atoms with E-state index in [0.717, 1.165) is 12.4 Å². The first-order valence-corrected chi connectivity index (χ1v) is 8.83. The smallest absolute Gasteiger partial charge is 0.354 e. The molecule has 2 N–H and O–H groups in total. The fraction of sp³-hybridized carbons (Fsp3) is 0.765. The molecule has 1 heterocycles. The third kappa shape index (κ3) is 6.96. The summed E-state index contributed by atoms with van der Waals surface area (Å²) in [6.07, 6.45) is 1.02. The second-order valence-corrected chi connectivity index (χ2v) is 7.05. The van der Waals surface area contributed by atoms with Crippen molar-refractivity contribution in [2.75, 3.05) is 7.05 Å². The van der Waals surface area contributed by atoms with Gasteiger partial charge >= 0.3 is 6.18 Å². The fourth-order valence-electron chi connectivity index (χ4n) is 3.18. The summed E-state index contributed by atoms with van der Waals surface area (Å²) in [6, 6.07) is 0.0280. The predicted octanol–water partition coefficient (Wildman–Crippen LogP) is 3.94. The van der Waals surface area contributed by atoms with E-state index in [4.69, 9.17) is 0 Å². The minimum Gasteiger partial charge on any atom is -0.354 e. The third-order valence-corrected chi connectivity index (χ3v) is 4.53. The Labute approximate surface area is 170 Å². The fourth-order valence-corrected chi connectivity index (χ4v) is 3.18. The topological polar surface area (TPSA) is 54.2 Å². The molecule has 1 fully saturated rings. The van der Waals surface area contributed by atoms with Crippen molar-refractivity contribution in [3.05, 3.63) is 18.2 Å². The molecule has 0 aliphatic heterocycles. The maximum atomic E-state index is 12.7. The van der Waals surface area contributed by atoms with E-state index in [1.54, 1.807) is 13.2 Å². The van der Waals surface area contributed by atoms with Crippen LogP contribution in [-0.4, -0.2) is 34.8 Å². The molecule has 1 aromatic heterocycles. The number of aliphatic imine (C=N–C) groups is 1.